The summed E-state index contributed by atoms with van der Waals surface area (Å²) in [6, 6.07) is 5.62. The molecule has 1 amide bonds. The first kappa shape index (κ1) is 14.8. The molecule has 5 nitrogen and oxygen atoms in total. The van der Waals surface area contributed by atoms with Gasteiger partial charge < -0.3 is 14.8 Å². The lowest BCUT2D eigenvalue weighted by Crippen LogP contribution is -2.22. The topological polar surface area (TPSA) is 64.6 Å². The first-order chi connectivity index (χ1) is 10.8. The molecule has 1 aromatic rings. The Morgan fingerprint density at radius 2 is 2.18 bits per heavy atom. The van der Waals surface area contributed by atoms with Crippen molar-refractivity contribution in [2.24, 2.45) is 5.92 Å². The third kappa shape index (κ3) is 3.36. The summed E-state index contributed by atoms with van der Waals surface area (Å²) in [6.45, 7) is 1.97. The molecule has 1 aliphatic heterocycles. The predicted octanol–water partition coefficient (Wildman–Crippen LogP) is 2.16. The fourth-order valence-corrected chi connectivity index (χ4v) is 2.82. The Labute approximate surface area is 129 Å². The summed E-state index contributed by atoms with van der Waals surface area (Å²) in [4.78, 5) is 22.6. The molecular weight excluding hydrogens is 282 g/mol. The number of anilines is 1. The van der Waals surface area contributed by atoms with Crippen molar-refractivity contribution in [1.29, 1.82) is 0 Å². The van der Waals surface area contributed by atoms with Crippen molar-refractivity contribution in [2.75, 3.05) is 25.1 Å². The summed E-state index contributed by atoms with van der Waals surface area (Å²) in [5, 5.41) is 2.61. The molecule has 116 valence electrons. The number of fused-ring (bicyclic) bond motifs is 1. The van der Waals surface area contributed by atoms with Crippen LogP contribution in [0.4, 0.5) is 5.69 Å². The van der Waals surface area contributed by atoms with Gasteiger partial charge in [-0.25, -0.2) is 4.79 Å². The van der Waals surface area contributed by atoms with E-state index < -0.39 is 0 Å². The monoisotopic (exact) mass is 301 g/mol. The van der Waals surface area contributed by atoms with Crippen LogP contribution in [0.5, 0.6) is 0 Å². The van der Waals surface area contributed by atoms with Crippen molar-refractivity contribution in [3.05, 3.63) is 34.9 Å². The van der Waals surface area contributed by atoms with Gasteiger partial charge in [-0.3, -0.25) is 4.79 Å². The molecule has 0 atom stereocenters. The number of amides is 1. The Kier molecular flexibility index (Phi) is 4.53. The van der Waals surface area contributed by atoms with Crippen molar-refractivity contribution in [3.8, 4) is 0 Å². The van der Waals surface area contributed by atoms with Crippen molar-refractivity contribution >= 4 is 24.1 Å². The Balaban J connectivity index is 1.59. The van der Waals surface area contributed by atoms with Crippen molar-refractivity contribution in [1.82, 2.24) is 0 Å². The van der Waals surface area contributed by atoms with Gasteiger partial charge in [0, 0.05) is 30.9 Å². The molecule has 0 radical (unpaired) electrons. The van der Waals surface area contributed by atoms with Gasteiger partial charge in [-0.2, -0.15) is 0 Å². The Hall–Kier alpha value is -2.14. The van der Waals surface area contributed by atoms with Crippen LogP contribution < -0.4 is 5.32 Å². The van der Waals surface area contributed by atoms with Gasteiger partial charge in [0.2, 0.25) is 6.41 Å². The van der Waals surface area contributed by atoms with E-state index in [1.165, 1.54) is 0 Å². The number of hydrogen-bond acceptors (Lipinski definition) is 4. The molecule has 5 heteroatoms. The Bertz CT molecular complexity index is 603. The highest BCUT2D eigenvalue weighted by molar-refractivity contribution is 5.97. The molecule has 2 aliphatic rings. The first-order valence-electron chi connectivity index (χ1n) is 7.55. The molecule has 22 heavy (non-hydrogen) atoms. The zero-order valence-corrected chi connectivity index (χ0v) is 12.3. The Morgan fingerprint density at radius 1 is 1.36 bits per heavy atom. The number of ether oxygens (including phenoxy) is 2. The summed E-state index contributed by atoms with van der Waals surface area (Å²) >= 11 is 0. The standard InChI is InChI=1S/C17H19NO4/c19-11-18-16-2-1-13-7-15(8-14(13)9-16)17(20)22-10-12-3-5-21-6-4-12/h1-2,8-9,11-12H,3-7,10H2,(H,18,19). The van der Waals surface area contributed by atoms with E-state index in [1.807, 2.05) is 24.3 Å². The number of nitrogens with one attached hydrogen (secondary N) is 1. The second-order valence-corrected chi connectivity index (χ2v) is 5.68. The Morgan fingerprint density at radius 3 is 2.95 bits per heavy atom. The lowest BCUT2D eigenvalue weighted by molar-refractivity contribution is -0.141. The van der Waals surface area contributed by atoms with Gasteiger partial charge in [0.05, 0.1) is 6.61 Å². The number of rotatable bonds is 5. The van der Waals surface area contributed by atoms with Crippen molar-refractivity contribution in [3.63, 3.8) is 0 Å². The van der Waals surface area contributed by atoms with Gasteiger partial charge in [-0.15, -0.1) is 0 Å². The van der Waals surface area contributed by atoms with Gasteiger partial charge in [-0.05, 0) is 48.1 Å². The van der Waals surface area contributed by atoms with Crippen LogP contribution in [0.15, 0.2) is 23.8 Å². The van der Waals surface area contributed by atoms with E-state index in [0.717, 1.165) is 42.9 Å². The van der Waals surface area contributed by atoms with Crippen LogP contribution in [0.3, 0.4) is 0 Å². The molecule has 3 rings (SSSR count). The normalized spacial score (nSPS) is 17.5. The van der Waals surface area contributed by atoms with Crippen LogP contribution >= 0.6 is 0 Å². The molecular formula is C17H19NO4. The van der Waals surface area contributed by atoms with Crippen molar-refractivity contribution in [2.45, 2.75) is 19.3 Å². The molecule has 1 N–H and O–H groups in total. The van der Waals surface area contributed by atoms with E-state index in [1.54, 1.807) is 0 Å². The van der Waals surface area contributed by atoms with Crippen LogP contribution in [0.25, 0.3) is 6.08 Å². The molecule has 1 fully saturated rings. The number of esters is 1. The van der Waals surface area contributed by atoms with Crippen LogP contribution in [-0.4, -0.2) is 32.2 Å². The molecule has 0 spiro atoms. The smallest absolute Gasteiger partial charge is 0.334 e. The minimum Gasteiger partial charge on any atom is -0.462 e. The summed E-state index contributed by atoms with van der Waals surface area (Å²) in [5.41, 5.74) is 3.44. The summed E-state index contributed by atoms with van der Waals surface area (Å²) < 4.78 is 10.7. The molecule has 0 aromatic heterocycles. The minimum atomic E-state index is -0.243. The largest absolute Gasteiger partial charge is 0.462 e. The predicted molar refractivity (Wildman–Crippen MR) is 82.3 cm³/mol. The first-order valence-corrected chi connectivity index (χ1v) is 7.55. The van der Waals surface area contributed by atoms with Crippen molar-refractivity contribution < 1.29 is 19.1 Å². The van der Waals surface area contributed by atoms with E-state index in [-0.39, 0.29) is 5.97 Å². The van der Waals surface area contributed by atoms with Gasteiger partial charge in [-0.1, -0.05) is 6.07 Å². The molecule has 1 heterocycles. The lowest BCUT2D eigenvalue weighted by atomic mass is 10.0. The molecule has 0 unspecified atom stereocenters. The number of carbonyl (C=O) groups excluding carboxylic acids is 2. The summed E-state index contributed by atoms with van der Waals surface area (Å²) in [5.74, 6) is 0.165. The lowest BCUT2D eigenvalue weighted by Gasteiger charge is -2.21. The molecule has 1 saturated heterocycles. The average molecular weight is 301 g/mol. The second-order valence-electron chi connectivity index (χ2n) is 5.68. The fraction of sp³-hybridized carbons (Fsp3) is 0.412. The van der Waals surface area contributed by atoms with Gasteiger partial charge in [0.1, 0.15) is 0 Å². The third-order valence-electron chi connectivity index (χ3n) is 4.14. The van der Waals surface area contributed by atoms with Crippen LogP contribution in [0.1, 0.15) is 24.0 Å². The van der Waals surface area contributed by atoms with Gasteiger partial charge in [0.25, 0.3) is 0 Å². The minimum absolute atomic E-state index is 0.243. The van der Waals surface area contributed by atoms with Crippen LogP contribution in [-0.2, 0) is 25.5 Å². The van der Waals surface area contributed by atoms with E-state index in [9.17, 15) is 9.59 Å². The van der Waals surface area contributed by atoms with E-state index in [2.05, 4.69) is 5.32 Å². The van der Waals surface area contributed by atoms with E-state index in [0.29, 0.717) is 30.9 Å². The number of benzene rings is 1. The molecule has 0 saturated carbocycles. The fourth-order valence-electron chi connectivity index (χ4n) is 2.82. The van der Waals surface area contributed by atoms with E-state index in [4.69, 9.17) is 9.47 Å². The molecule has 1 aliphatic carbocycles. The second kappa shape index (κ2) is 6.75. The molecule has 0 bridgehead atoms. The van der Waals surface area contributed by atoms with Gasteiger partial charge in [0.15, 0.2) is 0 Å². The highest BCUT2D eigenvalue weighted by atomic mass is 16.5. The molecule has 1 aromatic carbocycles. The summed E-state index contributed by atoms with van der Waals surface area (Å²) in [7, 11) is 0. The van der Waals surface area contributed by atoms with Crippen LogP contribution in [0.2, 0.25) is 0 Å². The number of hydrogen-bond donors (Lipinski definition) is 1. The number of carbonyl (C=O) groups is 2. The zero-order valence-electron chi connectivity index (χ0n) is 12.3. The quantitative estimate of drug-likeness (QED) is 0.668. The van der Waals surface area contributed by atoms with Crippen LogP contribution in [0, 0.1) is 5.92 Å². The van der Waals surface area contributed by atoms with E-state index >= 15 is 0 Å². The van der Waals surface area contributed by atoms with Gasteiger partial charge >= 0.3 is 5.97 Å². The highest BCUT2D eigenvalue weighted by Gasteiger charge is 2.22. The average Bonchev–Trinajstić information content (AvgIpc) is 2.97. The highest BCUT2D eigenvalue weighted by Crippen LogP contribution is 2.28. The third-order valence-corrected chi connectivity index (χ3v) is 4.14. The summed E-state index contributed by atoms with van der Waals surface area (Å²) in [6.07, 6.45) is 4.98. The maximum atomic E-state index is 12.2. The zero-order chi connectivity index (χ0) is 15.4. The maximum Gasteiger partial charge on any atom is 0.334 e. The SMILES string of the molecule is O=CNc1ccc2c(c1)C=C(C(=O)OCC1CCOCC1)C2. The maximum absolute atomic E-state index is 12.2.